The molecule has 2 rings (SSSR count). The molecule has 0 bridgehead atoms. The van der Waals surface area contributed by atoms with Crippen molar-refractivity contribution < 1.29 is 5.11 Å². The van der Waals surface area contributed by atoms with E-state index in [1.54, 1.807) is 24.3 Å². The van der Waals surface area contributed by atoms with Crippen LogP contribution in [0.2, 0.25) is 5.02 Å². The fraction of sp³-hybridized carbons (Fsp3) is 0.286. The van der Waals surface area contributed by atoms with Crippen LogP contribution in [0.3, 0.4) is 0 Å². The molecule has 20 heavy (non-hydrogen) atoms. The summed E-state index contributed by atoms with van der Waals surface area (Å²) in [6.45, 7) is 4.34. The van der Waals surface area contributed by atoms with Gasteiger partial charge in [-0.15, -0.1) is 0 Å². The van der Waals surface area contributed by atoms with E-state index in [1.807, 2.05) is 13.8 Å². The van der Waals surface area contributed by atoms with E-state index in [0.29, 0.717) is 22.9 Å². The van der Waals surface area contributed by atoms with Gasteiger partial charge in [-0.25, -0.2) is 0 Å². The van der Waals surface area contributed by atoms with Gasteiger partial charge in [-0.1, -0.05) is 37.6 Å². The molecule has 0 saturated carbocycles. The zero-order valence-corrected chi connectivity index (χ0v) is 12.1. The molecule has 106 valence electrons. The minimum Gasteiger partial charge on any atom is -0.506 e. The Labute approximate surface area is 121 Å². The summed E-state index contributed by atoms with van der Waals surface area (Å²) in [6.07, 6.45) is 0. The van der Waals surface area contributed by atoms with Gasteiger partial charge in [0, 0.05) is 18.7 Å². The molecule has 6 heteroatoms. The molecule has 0 aliphatic rings. The minimum absolute atomic E-state index is 0.119. The predicted octanol–water partition coefficient (Wildman–Crippen LogP) is 2.09. The van der Waals surface area contributed by atoms with Gasteiger partial charge < -0.3 is 10.4 Å². The summed E-state index contributed by atoms with van der Waals surface area (Å²) < 4.78 is 1.19. The second kappa shape index (κ2) is 6.07. The monoisotopic (exact) mass is 293 g/mol. The normalized spacial score (nSPS) is 11.0. The molecule has 1 heterocycles. The lowest BCUT2D eigenvalue weighted by Gasteiger charge is -2.12. The van der Waals surface area contributed by atoms with E-state index in [9.17, 15) is 9.90 Å². The fourth-order valence-electron chi connectivity index (χ4n) is 1.71. The van der Waals surface area contributed by atoms with E-state index in [0.717, 1.165) is 6.07 Å². The molecule has 5 nitrogen and oxygen atoms in total. The summed E-state index contributed by atoms with van der Waals surface area (Å²) in [4.78, 5) is 11.9. The van der Waals surface area contributed by atoms with Crippen molar-refractivity contribution in [3.05, 3.63) is 51.4 Å². The van der Waals surface area contributed by atoms with Crippen LogP contribution >= 0.6 is 11.6 Å². The van der Waals surface area contributed by atoms with Crippen LogP contribution in [0.4, 0.5) is 0 Å². The maximum absolute atomic E-state index is 11.9. The number of aromatic hydroxyl groups is 1. The number of nitrogens with zero attached hydrogens (tertiary/aromatic N) is 2. The van der Waals surface area contributed by atoms with Gasteiger partial charge in [0.25, 0.3) is 5.56 Å². The zero-order chi connectivity index (χ0) is 14.7. The van der Waals surface area contributed by atoms with Gasteiger partial charge in [0.1, 0.15) is 11.4 Å². The van der Waals surface area contributed by atoms with E-state index in [-0.39, 0.29) is 11.8 Å². The van der Waals surface area contributed by atoms with Gasteiger partial charge in [0.15, 0.2) is 0 Å². The number of aromatic nitrogens is 2. The summed E-state index contributed by atoms with van der Waals surface area (Å²) in [5, 5.41) is 17.5. The Bertz CT molecular complexity index is 668. The van der Waals surface area contributed by atoms with Crippen molar-refractivity contribution in [1.82, 2.24) is 15.1 Å². The largest absolute Gasteiger partial charge is 0.506 e. The third kappa shape index (κ3) is 3.18. The van der Waals surface area contributed by atoms with E-state index < -0.39 is 5.56 Å². The Morgan fingerprint density at radius 2 is 2.10 bits per heavy atom. The molecule has 1 aromatic carbocycles. The molecular weight excluding hydrogens is 278 g/mol. The first-order chi connectivity index (χ1) is 9.49. The quantitative estimate of drug-likeness (QED) is 0.906. The minimum atomic E-state index is -0.427. The maximum Gasteiger partial charge on any atom is 0.275 e. The van der Waals surface area contributed by atoms with E-state index >= 15 is 0 Å². The average Bonchev–Trinajstić information content (AvgIpc) is 2.39. The van der Waals surface area contributed by atoms with Crippen molar-refractivity contribution in [1.29, 1.82) is 0 Å². The summed E-state index contributed by atoms with van der Waals surface area (Å²) in [5.41, 5.74) is 0.465. The van der Waals surface area contributed by atoms with Crippen molar-refractivity contribution in [3.63, 3.8) is 0 Å². The fourth-order valence-corrected chi connectivity index (χ4v) is 1.92. The smallest absolute Gasteiger partial charge is 0.275 e. The van der Waals surface area contributed by atoms with Gasteiger partial charge in [0.05, 0.1) is 10.7 Å². The molecule has 0 atom stereocenters. The van der Waals surface area contributed by atoms with Crippen molar-refractivity contribution in [3.8, 4) is 11.4 Å². The molecule has 0 spiro atoms. The van der Waals surface area contributed by atoms with Gasteiger partial charge >= 0.3 is 0 Å². The highest BCUT2D eigenvalue weighted by Gasteiger charge is 2.11. The molecule has 2 N–H and O–H groups in total. The number of rotatable bonds is 4. The second-order valence-electron chi connectivity index (χ2n) is 4.71. The van der Waals surface area contributed by atoms with Gasteiger partial charge in [-0.2, -0.15) is 9.78 Å². The lowest BCUT2D eigenvalue weighted by atomic mass is 10.3. The Kier molecular flexibility index (Phi) is 4.42. The van der Waals surface area contributed by atoms with Crippen LogP contribution in [0.15, 0.2) is 35.1 Å². The van der Waals surface area contributed by atoms with Crippen LogP contribution in [0.25, 0.3) is 5.69 Å². The summed E-state index contributed by atoms with van der Waals surface area (Å²) in [5.74, 6) is -0.119. The lowest BCUT2D eigenvalue weighted by molar-refractivity contribution is 0.447. The van der Waals surface area contributed by atoms with Crippen LogP contribution in [-0.2, 0) is 6.54 Å². The Balaban J connectivity index is 2.46. The molecule has 0 aliphatic heterocycles. The molecular formula is C14H16ClN3O2. The molecule has 1 aromatic heterocycles. The van der Waals surface area contributed by atoms with E-state index in [1.165, 1.54) is 4.68 Å². The standard InChI is InChI=1S/C14H16ClN3O2/c1-9(2)16-8-11-13(19)7-14(20)18(17-11)12-6-4-3-5-10(12)15/h3-7,9,16,19H,8H2,1-2H3. The maximum atomic E-state index is 11.9. The van der Waals surface area contributed by atoms with Crippen LogP contribution in [-0.4, -0.2) is 20.9 Å². The third-order valence-electron chi connectivity index (χ3n) is 2.74. The van der Waals surface area contributed by atoms with E-state index in [4.69, 9.17) is 11.6 Å². The molecule has 0 aliphatic carbocycles. The first-order valence-electron chi connectivity index (χ1n) is 6.29. The summed E-state index contributed by atoms with van der Waals surface area (Å²) in [6, 6.07) is 8.33. The van der Waals surface area contributed by atoms with E-state index in [2.05, 4.69) is 10.4 Å². The number of benzene rings is 1. The van der Waals surface area contributed by atoms with Crippen molar-refractivity contribution in [2.24, 2.45) is 0 Å². The number of hydrogen-bond donors (Lipinski definition) is 2. The first kappa shape index (κ1) is 14.6. The van der Waals surface area contributed by atoms with Crippen LogP contribution in [0.5, 0.6) is 5.75 Å². The van der Waals surface area contributed by atoms with Crippen LogP contribution in [0.1, 0.15) is 19.5 Å². The third-order valence-corrected chi connectivity index (χ3v) is 3.06. The molecule has 0 fully saturated rings. The Hall–Kier alpha value is -1.85. The average molecular weight is 294 g/mol. The number of nitrogens with one attached hydrogen (secondary N) is 1. The first-order valence-corrected chi connectivity index (χ1v) is 6.67. The molecule has 0 radical (unpaired) electrons. The number of hydrogen-bond acceptors (Lipinski definition) is 4. The summed E-state index contributed by atoms with van der Waals surface area (Å²) in [7, 11) is 0. The van der Waals surface area contributed by atoms with Crippen LogP contribution < -0.4 is 10.9 Å². The highest BCUT2D eigenvalue weighted by molar-refractivity contribution is 6.32. The number of halogens is 1. The van der Waals surface area contributed by atoms with Gasteiger partial charge in [-0.05, 0) is 12.1 Å². The molecule has 0 amide bonds. The van der Waals surface area contributed by atoms with Crippen LogP contribution in [0, 0.1) is 0 Å². The lowest BCUT2D eigenvalue weighted by Crippen LogP contribution is -2.26. The second-order valence-corrected chi connectivity index (χ2v) is 5.12. The predicted molar refractivity (Wildman–Crippen MR) is 78.5 cm³/mol. The van der Waals surface area contributed by atoms with Crippen molar-refractivity contribution in [2.45, 2.75) is 26.4 Å². The molecule has 0 saturated heterocycles. The van der Waals surface area contributed by atoms with Crippen molar-refractivity contribution >= 4 is 11.6 Å². The Morgan fingerprint density at radius 3 is 2.75 bits per heavy atom. The number of para-hydroxylation sites is 1. The highest BCUT2D eigenvalue weighted by Crippen LogP contribution is 2.19. The topological polar surface area (TPSA) is 67.2 Å². The Morgan fingerprint density at radius 1 is 1.40 bits per heavy atom. The zero-order valence-electron chi connectivity index (χ0n) is 11.3. The molecule has 2 aromatic rings. The van der Waals surface area contributed by atoms with Gasteiger partial charge in [-0.3, -0.25) is 4.79 Å². The SMILES string of the molecule is CC(C)NCc1nn(-c2ccccc2Cl)c(=O)cc1O. The van der Waals surface area contributed by atoms with Crippen molar-refractivity contribution in [2.75, 3.05) is 0 Å². The molecule has 0 unspecified atom stereocenters. The highest BCUT2D eigenvalue weighted by atomic mass is 35.5. The summed E-state index contributed by atoms with van der Waals surface area (Å²) >= 11 is 6.07. The van der Waals surface area contributed by atoms with Gasteiger partial charge in [0.2, 0.25) is 0 Å².